The van der Waals surface area contributed by atoms with E-state index in [-0.39, 0.29) is 13.2 Å². The number of ether oxygens (including phenoxy) is 2. The van der Waals surface area contributed by atoms with Crippen molar-refractivity contribution < 1.29 is 29.9 Å². The Morgan fingerprint density at radius 3 is 1.67 bits per heavy atom. The molecule has 0 aliphatic carbocycles. The zero-order valence-corrected chi connectivity index (χ0v) is 13.0. The van der Waals surface area contributed by atoms with Gasteiger partial charge < -0.3 is 29.9 Å². The van der Waals surface area contributed by atoms with Crippen LogP contribution in [0.1, 0.15) is 20.8 Å². The van der Waals surface area contributed by atoms with Gasteiger partial charge in [0.2, 0.25) is 0 Å². The van der Waals surface area contributed by atoms with Crippen LogP contribution < -0.4 is 4.74 Å². The maximum Gasteiger partial charge on any atom is 0.194 e. The first-order chi connectivity index (χ1) is 10.0. The SMILES string of the molecule is CC(O)Oc1ccccc1.CCOCC.OCC(O)CO. The molecule has 21 heavy (non-hydrogen) atoms. The first-order valence-corrected chi connectivity index (χ1v) is 6.88. The smallest absolute Gasteiger partial charge is 0.194 e. The number of hydrogen-bond donors (Lipinski definition) is 4. The third-order valence-corrected chi connectivity index (χ3v) is 1.88. The van der Waals surface area contributed by atoms with Crippen LogP contribution in [0.5, 0.6) is 5.75 Å². The molecule has 0 fully saturated rings. The topological polar surface area (TPSA) is 99.4 Å². The van der Waals surface area contributed by atoms with Crippen molar-refractivity contribution in [1.82, 2.24) is 0 Å². The second-order valence-electron chi connectivity index (χ2n) is 3.83. The molecule has 1 atom stereocenters. The summed E-state index contributed by atoms with van der Waals surface area (Å²) in [6.07, 6.45) is -1.69. The van der Waals surface area contributed by atoms with Crippen LogP contribution in [0.3, 0.4) is 0 Å². The molecule has 6 nitrogen and oxygen atoms in total. The summed E-state index contributed by atoms with van der Waals surface area (Å²) in [6, 6.07) is 9.21. The van der Waals surface area contributed by atoms with Crippen LogP contribution in [0, 0.1) is 0 Å². The predicted octanol–water partition coefficient (Wildman–Crippen LogP) is 0.778. The molecule has 1 rings (SSSR count). The second kappa shape index (κ2) is 16.9. The largest absolute Gasteiger partial charge is 0.465 e. The number of rotatable bonds is 6. The van der Waals surface area contributed by atoms with Gasteiger partial charge in [0, 0.05) is 13.2 Å². The first kappa shape index (κ1) is 22.1. The van der Waals surface area contributed by atoms with Crippen molar-refractivity contribution in [3.05, 3.63) is 30.3 Å². The zero-order chi connectivity index (χ0) is 16.5. The van der Waals surface area contributed by atoms with Gasteiger partial charge in [0.05, 0.1) is 13.2 Å². The summed E-state index contributed by atoms with van der Waals surface area (Å²) >= 11 is 0. The molecule has 1 aromatic carbocycles. The molecular formula is C15H28O6. The van der Waals surface area contributed by atoms with Crippen molar-refractivity contribution in [3.63, 3.8) is 0 Å². The van der Waals surface area contributed by atoms with Gasteiger partial charge in [-0.15, -0.1) is 0 Å². The standard InChI is InChI=1S/C8H10O2.C4H10O.C3H8O3/c1-7(9)10-8-5-3-2-4-6-8;1-3-5-4-2;4-1-3(6)2-5/h2-7,9H,1H3;3-4H2,1-2H3;3-6H,1-2H2. The molecule has 0 heterocycles. The number of hydrogen-bond acceptors (Lipinski definition) is 6. The van der Waals surface area contributed by atoms with E-state index < -0.39 is 12.4 Å². The van der Waals surface area contributed by atoms with E-state index >= 15 is 0 Å². The maximum atomic E-state index is 8.78. The molecule has 0 aliphatic heterocycles. The van der Waals surface area contributed by atoms with Crippen molar-refractivity contribution >= 4 is 0 Å². The molecule has 0 spiro atoms. The van der Waals surface area contributed by atoms with Gasteiger partial charge in [0.15, 0.2) is 6.29 Å². The normalized spacial score (nSPS) is 10.9. The van der Waals surface area contributed by atoms with Gasteiger partial charge in [-0.1, -0.05) is 18.2 Å². The number of aliphatic hydroxyl groups excluding tert-OH is 4. The average molecular weight is 304 g/mol. The van der Waals surface area contributed by atoms with E-state index in [9.17, 15) is 0 Å². The van der Waals surface area contributed by atoms with E-state index in [2.05, 4.69) is 0 Å². The highest BCUT2D eigenvalue weighted by molar-refractivity contribution is 5.20. The average Bonchev–Trinajstić information content (AvgIpc) is 2.49. The van der Waals surface area contributed by atoms with Crippen molar-refractivity contribution in [2.45, 2.75) is 33.2 Å². The Labute approximate surface area is 126 Å². The number of benzene rings is 1. The highest BCUT2D eigenvalue weighted by Crippen LogP contribution is 2.09. The summed E-state index contributed by atoms with van der Waals surface area (Å²) < 4.78 is 9.80. The van der Waals surface area contributed by atoms with Gasteiger partial charge >= 0.3 is 0 Å². The molecule has 1 unspecified atom stereocenters. The molecule has 0 radical (unpaired) electrons. The molecule has 4 N–H and O–H groups in total. The summed E-state index contributed by atoms with van der Waals surface area (Å²) in [5, 5.41) is 32.8. The Morgan fingerprint density at radius 1 is 0.952 bits per heavy atom. The predicted molar refractivity (Wildman–Crippen MR) is 81.1 cm³/mol. The Kier molecular flexibility index (Phi) is 17.8. The van der Waals surface area contributed by atoms with Crippen molar-refractivity contribution in [2.75, 3.05) is 26.4 Å². The van der Waals surface area contributed by atoms with E-state index in [0.717, 1.165) is 13.2 Å². The fourth-order valence-electron chi connectivity index (χ4n) is 0.958. The summed E-state index contributed by atoms with van der Waals surface area (Å²) in [5.74, 6) is 0.692. The highest BCUT2D eigenvalue weighted by Gasteiger charge is 1.94. The Morgan fingerprint density at radius 2 is 1.43 bits per heavy atom. The lowest BCUT2D eigenvalue weighted by Gasteiger charge is -2.06. The van der Waals surface area contributed by atoms with Crippen LogP contribution >= 0.6 is 0 Å². The third-order valence-electron chi connectivity index (χ3n) is 1.88. The molecule has 0 saturated heterocycles. The van der Waals surface area contributed by atoms with Crippen molar-refractivity contribution in [3.8, 4) is 5.75 Å². The lowest BCUT2D eigenvalue weighted by molar-refractivity contribution is -0.000290. The Bertz CT molecular complexity index is 285. The lowest BCUT2D eigenvalue weighted by atomic mass is 10.3. The highest BCUT2D eigenvalue weighted by atomic mass is 16.6. The summed E-state index contributed by atoms with van der Waals surface area (Å²) in [5.41, 5.74) is 0. The van der Waals surface area contributed by atoms with Crippen LogP contribution in [-0.4, -0.2) is 59.2 Å². The quantitative estimate of drug-likeness (QED) is 0.580. The van der Waals surface area contributed by atoms with Gasteiger partial charge in [0.25, 0.3) is 0 Å². The maximum absolute atomic E-state index is 8.78. The Hall–Kier alpha value is -1.18. The van der Waals surface area contributed by atoms with Crippen molar-refractivity contribution in [2.24, 2.45) is 0 Å². The third kappa shape index (κ3) is 18.8. The van der Waals surface area contributed by atoms with Gasteiger partial charge in [0.1, 0.15) is 11.9 Å². The summed E-state index contributed by atoms with van der Waals surface area (Å²) in [6.45, 7) is 6.51. The monoisotopic (exact) mass is 304 g/mol. The van der Waals surface area contributed by atoms with Crippen LogP contribution in [0.4, 0.5) is 0 Å². The molecule has 0 bridgehead atoms. The molecule has 1 aromatic rings. The van der Waals surface area contributed by atoms with Gasteiger partial charge in [-0.05, 0) is 32.9 Å². The van der Waals surface area contributed by atoms with Gasteiger partial charge in [-0.3, -0.25) is 0 Å². The van der Waals surface area contributed by atoms with Crippen LogP contribution in [0.25, 0.3) is 0 Å². The second-order valence-corrected chi connectivity index (χ2v) is 3.83. The fourth-order valence-corrected chi connectivity index (χ4v) is 0.958. The molecule has 0 saturated carbocycles. The van der Waals surface area contributed by atoms with Gasteiger partial charge in [-0.25, -0.2) is 0 Å². The molecule has 0 amide bonds. The van der Waals surface area contributed by atoms with E-state index in [0.29, 0.717) is 5.75 Å². The van der Waals surface area contributed by atoms with E-state index in [1.807, 2.05) is 32.0 Å². The van der Waals surface area contributed by atoms with Crippen LogP contribution in [-0.2, 0) is 4.74 Å². The van der Waals surface area contributed by atoms with E-state index in [1.165, 1.54) is 0 Å². The molecule has 124 valence electrons. The minimum atomic E-state index is -0.954. The fraction of sp³-hybridized carbons (Fsp3) is 0.600. The van der Waals surface area contributed by atoms with Gasteiger partial charge in [-0.2, -0.15) is 0 Å². The summed E-state index contributed by atoms with van der Waals surface area (Å²) in [4.78, 5) is 0. The van der Waals surface area contributed by atoms with Crippen LogP contribution in [0.2, 0.25) is 0 Å². The Balaban J connectivity index is 0. The van der Waals surface area contributed by atoms with E-state index in [1.54, 1.807) is 19.1 Å². The zero-order valence-electron chi connectivity index (χ0n) is 13.0. The molecule has 0 aliphatic rings. The summed E-state index contributed by atoms with van der Waals surface area (Å²) in [7, 11) is 0. The van der Waals surface area contributed by atoms with Crippen molar-refractivity contribution in [1.29, 1.82) is 0 Å². The van der Waals surface area contributed by atoms with E-state index in [4.69, 9.17) is 29.9 Å². The molecule has 0 aromatic heterocycles. The van der Waals surface area contributed by atoms with Crippen LogP contribution in [0.15, 0.2) is 30.3 Å². The molecule has 6 heteroatoms. The first-order valence-electron chi connectivity index (χ1n) is 6.88. The minimum absolute atomic E-state index is 0.365. The lowest BCUT2D eigenvalue weighted by Crippen LogP contribution is -2.15. The minimum Gasteiger partial charge on any atom is -0.465 e. The number of para-hydroxylation sites is 1. The number of aliphatic hydroxyl groups is 4. The molecular weight excluding hydrogens is 276 g/mol.